The summed E-state index contributed by atoms with van der Waals surface area (Å²) < 4.78 is 28.3. The van der Waals surface area contributed by atoms with Gasteiger partial charge in [-0.05, 0) is 111 Å². The van der Waals surface area contributed by atoms with Crippen molar-refractivity contribution in [3.63, 3.8) is 0 Å². The van der Waals surface area contributed by atoms with Crippen LogP contribution in [0.5, 0.6) is 0 Å². The number of aryl methyl sites for hydroxylation is 1. The van der Waals surface area contributed by atoms with Crippen molar-refractivity contribution in [1.29, 1.82) is 0 Å². The Labute approximate surface area is 240 Å². The Morgan fingerprint density at radius 1 is 0.585 bits per heavy atom. The monoisotopic (exact) mass is 548 g/mol. The minimum absolute atomic E-state index is 0.170. The van der Waals surface area contributed by atoms with Crippen LogP contribution in [0.15, 0.2) is 131 Å². The SMILES string of the molecule is CC1=Cc2cccc3c2C1CCc1ccc(-c2ccc4cc(-c5ccc6ccccc6c5)ccc4c2)cc1S3(=O)=O. The summed E-state index contributed by atoms with van der Waals surface area (Å²) in [5.74, 6) is 0.170. The number of hydrogen-bond donors (Lipinski definition) is 0. The minimum Gasteiger partial charge on any atom is -0.218 e. The highest BCUT2D eigenvalue weighted by Crippen LogP contribution is 2.46. The second kappa shape index (κ2) is 9.02. The van der Waals surface area contributed by atoms with Gasteiger partial charge < -0.3 is 0 Å². The molecule has 0 spiro atoms. The zero-order valence-corrected chi connectivity index (χ0v) is 23.6. The second-order valence-electron chi connectivity index (χ2n) is 11.4. The summed E-state index contributed by atoms with van der Waals surface area (Å²) in [4.78, 5) is 0.907. The fraction of sp³-hybridized carbons (Fsp3) is 0.105. The van der Waals surface area contributed by atoms with Crippen LogP contribution in [0.3, 0.4) is 0 Å². The largest absolute Gasteiger partial charge is 0.218 e. The molecule has 1 heterocycles. The van der Waals surface area contributed by atoms with Crippen LogP contribution in [-0.2, 0) is 16.3 Å². The van der Waals surface area contributed by atoms with E-state index in [0.29, 0.717) is 9.79 Å². The summed E-state index contributed by atoms with van der Waals surface area (Å²) >= 11 is 0. The minimum atomic E-state index is -3.66. The molecule has 6 aromatic carbocycles. The van der Waals surface area contributed by atoms with Gasteiger partial charge in [0.25, 0.3) is 0 Å². The molecule has 1 aliphatic heterocycles. The van der Waals surface area contributed by atoms with Crippen LogP contribution in [0, 0.1) is 0 Å². The van der Waals surface area contributed by atoms with E-state index in [0.717, 1.165) is 51.4 Å². The Kier molecular flexibility index (Phi) is 5.35. The van der Waals surface area contributed by atoms with Crippen molar-refractivity contribution in [2.75, 3.05) is 0 Å². The Balaban J connectivity index is 1.19. The van der Waals surface area contributed by atoms with Crippen LogP contribution >= 0.6 is 0 Å². The van der Waals surface area contributed by atoms with Gasteiger partial charge in [-0.2, -0.15) is 0 Å². The predicted octanol–water partition coefficient (Wildman–Crippen LogP) is 9.61. The van der Waals surface area contributed by atoms with Crippen LogP contribution in [0.2, 0.25) is 0 Å². The number of sulfone groups is 1. The van der Waals surface area contributed by atoms with Gasteiger partial charge in [-0.3, -0.25) is 0 Å². The molecule has 0 bridgehead atoms. The molecule has 3 heteroatoms. The molecule has 6 aromatic rings. The van der Waals surface area contributed by atoms with Gasteiger partial charge >= 0.3 is 0 Å². The molecule has 2 aliphatic rings. The zero-order chi connectivity index (χ0) is 27.7. The summed E-state index contributed by atoms with van der Waals surface area (Å²) in [6.45, 7) is 2.12. The lowest BCUT2D eigenvalue weighted by atomic mass is 9.89. The fourth-order valence-corrected chi connectivity index (χ4v) is 8.66. The molecule has 2 nitrogen and oxygen atoms in total. The molecule has 0 amide bonds. The Bertz CT molecular complexity index is 2190. The van der Waals surface area contributed by atoms with Gasteiger partial charge in [-0.15, -0.1) is 0 Å². The third kappa shape index (κ3) is 3.88. The third-order valence-corrected chi connectivity index (χ3v) is 10.9. The summed E-state index contributed by atoms with van der Waals surface area (Å²) in [6.07, 6.45) is 3.82. The van der Waals surface area contributed by atoms with Crippen LogP contribution in [-0.4, -0.2) is 8.42 Å². The number of hydrogen-bond acceptors (Lipinski definition) is 2. The highest BCUT2D eigenvalue weighted by atomic mass is 32.2. The average molecular weight is 549 g/mol. The van der Waals surface area contributed by atoms with Crippen molar-refractivity contribution in [2.45, 2.75) is 35.5 Å². The van der Waals surface area contributed by atoms with Crippen molar-refractivity contribution < 1.29 is 8.42 Å². The fourth-order valence-electron chi connectivity index (χ4n) is 6.82. The molecule has 1 atom stereocenters. The van der Waals surface area contributed by atoms with E-state index in [1.54, 1.807) is 6.07 Å². The lowest BCUT2D eigenvalue weighted by Gasteiger charge is -2.23. The van der Waals surface area contributed by atoms with E-state index in [1.807, 2.05) is 24.3 Å². The molecule has 0 aromatic heterocycles. The molecule has 1 unspecified atom stereocenters. The lowest BCUT2D eigenvalue weighted by Crippen LogP contribution is -2.15. The maximum absolute atomic E-state index is 14.1. The van der Waals surface area contributed by atoms with Gasteiger partial charge in [0, 0.05) is 5.92 Å². The van der Waals surface area contributed by atoms with Crippen LogP contribution in [0.25, 0.3) is 49.9 Å². The van der Waals surface area contributed by atoms with Gasteiger partial charge in [0.05, 0.1) is 9.79 Å². The lowest BCUT2D eigenvalue weighted by molar-refractivity contribution is 0.586. The van der Waals surface area contributed by atoms with Crippen LogP contribution in [0.1, 0.15) is 36.0 Å². The van der Waals surface area contributed by atoms with Gasteiger partial charge in [-0.1, -0.05) is 96.6 Å². The molecular formula is C38H28O2S. The molecule has 0 saturated carbocycles. The Morgan fingerprint density at radius 3 is 1.88 bits per heavy atom. The smallest absolute Gasteiger partial charge is 0.207 e. The average Bonchev–Trinajstić information content (AvgIpc) is 3.33. The van der Waals surface area contributed by atoms with Gasteiger partial charge in [-0.25, -0.2) is 8.42 Å². The van der Waals surface area contributed by atoms with E-state index in [1.165, 1.54) is 27.5 Å². The Hall–Kier alpha value is -4.47. The van der Waals surface area contributed by atoms with E-state index in [-0.39, 0.29) is 5.92 Å². The van der Waals surface area contributed by atoms with Crippen LogP contribution in [0.4, 0.5) is 0 Å². The Morgan fingerprint density at radius 2 is 1.17 bits per heavy atom. The van der Waals surface area contributed by atoms with Gasteiger partial charge in [0.1, 0.15) is 0 Å². The molecule has 41 heavy (non-hydrogen) atoms. The maximum atomic E-state index is 14.1. The van der Waals surface area contributed by atoms with E-state index >= 15 is 0 Å². The number of fused-ring (bicyclic) bond motifs is 3. The topological polar surface area (TPSA) is 34.1 Å². The number of rotatable bonds is 2. The summed E-state index contributed by atoms with van der Waals surface area (Å²) in [7, 11) is -3.66. The van der Waals surface area contributed by atoms with Gasteiger partial charge in [0.15, 0.2) is 0 Å². The van der Waals surface area contributed by atoms with E-state index in [4.69, 9.17) is 0 Å². The summed E-state index contributed by atoms with van der Waals surface area (Å²) in [5, 5.41) is 4.76. The molecule has 0 N–H and O–H groups in total. The second-order valence-corrected chi connectivity index (χ2v) is 13.3. The number of benzene rings is 6. The first-order chi connectivity index (χ1) is 20.0. The molecule has 1 aliphatic carbocycles. The first kappa shape index (κ1) is 24.3. The van der Waals surface area contributed by atoms with Gasteiger partial charge in [0.2, 0.25) is 9.84 Å². The molecular weight excluding hydrogens is 520 g/mol. The predicted molar refractivity (Wildman–Crippen MR) is 169 cm³/mol. The third-order valence-electron chi connectivity index (χ3n) is 8.99. The molecule has 198 valence electrons. The molecule has 0 saturated heterocycles. The highest BCUT2D eigenvalue weighted by molar-refractivity contribution is 7.91. The zero-order valence-electron chi connectivity index (χ0n) is 22.8. The first-order valence-electron chi connectivity index (χ1n) is 14.2. The van der Waals surface area contributed by atoms with Crippen molar-refractivity contribution in [3.8, 4) is 22.3 Å². The molecule has 0 radical (unpaired) electrons. The first-order valence-corrected chi connectivity index (χ1v) is 15.7. The highest BCUT2D eigenvalue weighted by Gasteiger charge is 2.34. The summed E-state index contributed by atoms with van der Waals surface area (Å²) in [6, 6.07) is 39.7. The summed E-state index contributed by atoms with van der Waals surface area (Å²) in [5.41, 5.74) is 8.51. The maximum Gasteiger partial charge on any atom is 0.207 e. The van der Waals surface area contributed by atoms with Crippen molar-refractivity contribution in [2.24, 2.45) is 0 Å². The van der Waals surface area contributed by atoms with Crippen molar-refractivity contribution >= 4 is 37.5 Å². The normalized spacial score (nSPS) is 17.0. The quantitative estimate of drug-likeness (QED) is 0.216. The standard InChI is InChI=1S/C38H28O2S/c1-24-19-34-7-4-8-36-38(34)35(24)18-17-26-10-12-33(23-37(26)41(36,39)40)32-16-15-30-21-29(13-14-31(30)22-32)28-11-9-25-5-2-3-6-27(25)20-28/h2-16,19-23,35H,17-18H2,1H3. The van der Waals surface area contributed by atoms with E-state index in [9.17, 15) is 8.42 Å². The van der Waals surface area contributed by atoms with Crippen molar-refractivity contribution in [3.05, 3.63) is 138 Å². The molecule has 8 rings (SSSR count). The van der Waals surface area contributed by atoms with Crippen molar-refractivity contribution in [1.82, 2.24) is 0 Å². The van der Waals surface area contributed by atoms with E-state index in [2.05, 4.69) is 97.9 Å². The molecule has 0 fully saturated rings. The van der Waals surface area contributed by atoms with E-state index < -0.39 is 9.84 Å². The van der Waals surface area contributed by atoms with Crippen LogP contribution < -0.4 is 0 Å². The number of allylic oxidation sites excluding steroid dienone is 1.